The summed E-state index contributed by atoms with van der Waals surface area (Å²) >= 11 is 0. The molecule has 4 nitrogen and oxygen atoms in total. The molecule has 0 spiro atoms. The smallest absolute Gasteiger partial charge is 0.220 e. The van der Waals surface area contributed by atoms with Crippen LogP contribution in [0.4, 0.5) is 0 Å². The summed E-state index contributed by atoms with van der Waals surface area (Å²) in [7, 11) is 0. The summed E-state index contributed by atoms with van der Waals surface area (Å²) in [6.45, 7) is 4.33. The minimum Gasteiger partial charge on any atom is -0.394 e. The van der Waals surface area contributed by atoms with Gasteiger partial charge in [-0.15, -0.1) is 0 Å². The van der Waals surface area contributed by atoms with Crippen molar-refractivity contribution in [3.8, 4) is 0 Å². The molecule has 2 unspecified atom stereocenters. The Morgan fingerprint density at radius 3 is 0.951 bits per heavy atom. The highest BCUT2D eigenvalue weighted by Crippen LogP contribution is 2.17. The van der Waals surface area contributed by atoms with E-state index < -0.39 is 12.1 Å². The monoisotopic (exact) mass is 856 g/mol. The molecule has 0 aromatic rings. The number of carbonyl (C=O) groups excluding carboxylic acids is 1. The molecule has 0 aliphatic rings. The summed E-state index contributed by atoms with van der Waals surface area (Å²) in [5.74, 6) is -0.0692. The average Bonchev–Trinajstić information content (AvgIpc) is 3.26. The summed E-state index contributed by atoms with van der Waals surface area (Å²) < 4.78 is 0. The topological polar surface area (TPSA) is 69.6 Å². The van der Waals surface area contributed by atoms with Gasteiger partial charge in [0.15, 0.2) is 0 Å². The Morgan fingerprint density at radius 1 is 0.377 bits per heavy atom. The van der Waals surface area contributed by atoms with Crippen molar-refractivity contribution >= 4 is 5.91 Å². The Balaban J connectivity index is 3.51. The van der Waals surface area contributed by atoms with Crippen molar-refractivity contribution in [1.29, 1.82) is 0 Å². The summed E-state index contributed by atoms with van der Waals surface area (Å²) in [6, 6.07) is -0.638. The second-order valence-electron chi connectivity index (χ2n) is 19.0. The van der Waals surface area contributed by atoms with Gasteiger partial charge in [0, 0.05) is 6.42 Å². The molecule has 0 rings (SSSR count). The molecule has 0 aromatic carbocycles. The fourth-order valence-corrected chi connectivity index (χ4v) is 8.60. The van der Waals surface area contributed by atoms with Crippen LogP contribution >= 0.6 is 0 Å². The molecule has 3 N–H and O–H groups in total. The summed E-state index contributed by atoms with van der Waals surface area (Å²) in [5.41, 5.74) is 0. The first kappa shape index (κ1) is 59.6. The maximum Gasteiger partial charge on any atom is 0.220 e. The lowest BCUT2D eigenvalue weighted by Crippen LogP contribution is -2.45. The minimum atomic E-state index is -0.861. The van der Waals surface area contributed by atoms with Gasteiger partial charge in [-0.1, -0.05) is 275 Å². The van der Waals surface area contributed by atoms with Gasteiger partial charge in [-0.2, -0.15) is 0 Å². The predicted octanol–water partition coefficient (Wildman–Crippen LogP) is 18.1. The van der Waals surface area contributed by atoms with Crippen LogP contribution in [0.25, 0.3) is 0 Å². The van der Waals surface area contributed by atoms with Gasteiger partial charge >= 0.3 is 0 Å². The number of hydrogen-bond donors (Lipinski definition) is 3. The number of allylic oxidation sites excluding steroid dienone is 5. The minimum absolute atomic E-state index is 0.0692. The van der Waals surface area contributed by atoms with Crippen molar-refractivity contribution < 1.29 is 15.0 Å². The van der Waals surface area contributed by atoms with Gasteiger partial charge in [0.1, 0.15) is 0 Å². The molecule has 0 aliphatic heterocycles. The van der Waals surface area contributed by atoms with Crippen molar-refractivity contribution in [2.75, 3.05) is 6.61 Å². The molecule has 4 heteroatoms. The lowest BCUT2D eigenvalue weighted by atomic mass is 10.0. The molecule has 2 atom stereocenters. The number of amides is 1. The van der Waals surface area contributed by atoms with Gasteiger partial charge in [-0.3, -0.25) is 4.79 Å². The van der Waals surface area contributed by atoms with Crippen LogP contribution in [0.15, 0.2) is 36.5 Å². The molecule has 0 bridgehead atoms. The summed E-state index contributed by atoms with van der Waals surface area (Å²) in [5, 5.41) is 23.1. The highest BCUT2D eigenvalue weighted by Gasteiger charge is 2.18. The van der Waals surface area contributed by atoms with E-state index in [9.17, 15) is 15.0 Å². The Morgan fingerprint density at radius 2 is 0.639 bits per heavy atom. The average molecular weight is 857 g/mol. The Hall–Kier alpha value is -1.39. The van der Waals surface area contributed by atoms with Gasteiger partial charge in [-0.05, 0) is 57.8 Å². The first-order chi connectivity index (χ1) is 30.2. The second kappa shape index (κ2) is 53.0. The van der Waals surface area contributed by atoms with E-state index >= 15 is 0 Å². The van der Waals surface area contributed by atoms with Crippen LogP contribution in [0.1, 0.15) is 303 Å². The van der Waals surface area contributed by atoms with Gasteiger partial charge in [0.05, 0.1) is 18.8 Å². The molecular formula is C57H109NO3. The van der Waals surface area contributed by atoms with Crippen molar-refractivity contribution in [3.63, 3.8) is 0 Å². The molecule has 0 aromatic heterocycles. The third kappa shape index (κ3) is 49.5. The molecule has 0 saturated carbocycles. The van der Waals surface area contributed by atoms with E-state index in [1.807, 2.05) is 6.08 Å². The molecule has 360 valence electrons. The molecular weight excluding hydrogens is 747 g/mol. The molecule has 61 heavy (non-hydrogen) atoms. The maximum absolute atomic E-state index is 12.5. The van der Waals surface area contributed by atoms with Gasteiger partial charge in [0.25, 0.3) is 0 Å². The predicted molar refractivity (Wildman–Crippen MR) is 272 cm³/mol. The Labute approximate surface area is 382 Å². The largest absolute Gasteiger partial charge is 0.394 e. The molecule has 0 saturated heterocycles. The zero-order valence-electron chi connectivity index (χ0n) is 41.4. The molecule has 0 heterocycles. The fourth-order valence-electron chi connectivity index (χ4n) is 8.60. The van der Waals surface area contributed by atoms with Crippen LogP contribution in [0.3, 0.4) is 0 Å². The van der Waals surface area contributed by atoms with E-state index in [1.54, 1.807) is 6.08 Å². The summed E-state index contributed by atoms with van der Waals surface area (Å²) in [6.07, 6.45) is 71.6. The van der Waals surface area contributed by atoms with Gasteiger partial charge in [-0.25, -0.2) is 0 Å². The van der Waals surface area contributed by atoms with Crippen molar-refractivity contribution in [2.45, 2.75) is 315 Å². The number of aliphatic hydroxyl groups excluding tert-OH is 2. The van der Waals surface area contributed by atoms with E-state index in [0.717, 1.165) is 32.1 Å². The van der Waals surface area contributed by atoms with Crippen LogP contribution in [0, 0.1) is 0 Å². The van der Waals surface area contributed by atoms with Crippen LogP contribution in [0.2, 0.25) is 0 Å². The van der Waals surface area contributed by atoms with Crippen molar-refractivity contribution in [3.05, 3.63) is 36.5 Å². The number of carbonyl (C=O) groups is 1. The zero-order valence-corrected chi connectivity index (χ0v) is 41.4. The number of rotatable bonds is 51. The number of unbranched alkanes of at least 4 members (excludes halogenated alkanes) is 40. The van der Waals surface area contributed by atoms with E-state index in [-0.39, 0.29) is 12.5 Å². The van der Waals surface area contributed by atoms with Crippen molar-refractivity contribution in [1.82, 2.24) is 5.32 Å². The SMILES string of the molecule is CCCCCCCCCC/C=C\CCCCCCCCCCCCCCCCCC(=O)NC(CO)C(O)/C=C/CC/C=C/CCCCCCCCCCCCCCCCCC. The highest BCUT2D eigenvalue weighted by atomic mass is 16.3. The number of aliphatic hydroxyl groups is 2. The fraction of sp³-hybridized carbons (Fsp3) is 0.877. The molecule has 0 fully saturated rings. The summed E-state index contributed by atoms with van der Waals surface area (Å²) in [4.78, 5) is 12.5. The Kier molecular flexibility index (Phi) is 51.7. The third-order valence-electron chi connectivity index (χ3n) is 12.8. The van der Waals surface area contributed by atoms with Crippen molar-refractivity contribution in [2.24, 2.45) is 0 Å². The van der Waals surface area contributed by atoms with Crippen LogP contribution in [0.5, 0.6) is 0 Å². The lowest BCUT2D eigenvalue weighted by molar-refractivity contribution is -0.123. The quantitative estimate of drug-likeness (QED) is 0.0422. The van der Waals surface area contributed by atoms with Gasteiger partial charge in [0.2, 0.25) is 5.91 Å². The van der Waals surface area contributed by atoms with Gasteiger partial charge < -0.3 is 15.5 Å². The second-order valence-corrected chi connectivity index (χ2v) is 19.0. The highest BCUT2D eigenvalue weighted by molar-refractivity contribution is 5.76. The van der Waals surface area contributed by atoms with E-state index in [0.29, 0.717) is 6.42 Å². The Bertz CT molecular complexity index is 928. The number of nitrogens with one attached hydrogen (secondary N) is 1. The first-order valence-electron chi connectivity index (χ1n) is 27.7. The third-order valence-corrected chi connectivity index (χ3v) is 12.8. The molecule has 0 radical (unpaired) electrons. The van der Waals surface area contributed by atoms with E-state index in [4.69, 9.17) is 0 Å². The lowest BCUT2D eigenvalue weighted by Gasteiger charge is -2.19. The van der Waals surface area contributed by atoms with Crippen LogP contribution in [-0.2, 0) is 4.79 Å². The number of hydrogen-bond acceptors (Lipinski definition) is 3. The maximum atomic E-state index is 12.5. The van der Waals surface area contributed by atoms with Crippen LogP contribution < -0.4 is 5.32 Å². The van der Waals surface area contributed by atoms with E-state index in [2.05, 4.69) is 43.5 Å². The standard InChI is InChI=1S/C57H109NO3/c1-3-5-7-9-11-13-15-17-19-21-23-25-27-28-29-30-31-33-35-37-39-41-43-45-47-49-51-53-57(61)58-55(54-59)56(60)52-50-48-46-44-42-40-38-36-34-32-26-24-22-20-18-16-14-12-10-8-6-4-2/h21,23,42,44,50,52,55-56,59-60H,3-20,22,24-41,43,45-49,51,53-54H2,1-2H3,(H,58,61)/b23-21-,44-42+,52-50+. The normalized spacial score (nSPS) is 13.0. The molecule has 0 aliphatic carbocycles. The van der Waals surface area contributed by atoms with E-state index in [1.165, 1.54) is 250 Å². The van der Waals surface area contributed by atoms with Crippen LogP contribution in [-0.4, -0.2) is 34.9 Å². The first-order valence-corrected chi connectivity index (χ1v) is 27.7. The zero-order chi connectivity index (χ0) is 44.2. The molecule has 1 amide bonds.